The second-order valence-corrected chi connectivity index (χ2v) is 4.98. The van der Waals surface area contributed by atoms with Gasteiger partial charge < -0.3 is 15.5 Å². The molecule has 3 N–H and O–H groups in total. The molecule has 2 unspecified atom stereocenters. The zero-order chi connectivity index (χ0) is 13.0. The van der Waals surface area contributed by atoms with Gasteiger partial charge >= 0.3 is 0 Å². The highest BCUT2D eigenvalue weighted by molar-refractivity contribution is 9.10. The van der Waals surface area contributed by atoms with Crippen LogP contribution < -0.4 is 5.32 Å². The molecule has 0 saturated heterocycles. The number of nitrogens with one attached hydrogen (secondary N) is 1. The number of aliphatic hydroxyl groups excluding tert-OH is 1. The third kappa shape index (κ3) is 4.36. The molecule has 1 rings (SSSR count). The van der Waals surface area contributed by atoms with Crippen LogP contribution in [0.3, 0.4) is 0 Å². The summed E-state index contributed by atoms with van der Waals surface area (Å²) in [7, 11) is 0. The normalized spacial score (nSPS) is 14.1. The molecule has 0 spiro atoms. The van der Waals surface area contributed by atoms with E-state index in [4.69, 9.17) is 0 Å². The SMILES string of the molecule is CC(O)CC(C)NC(=O)c1ccc(Br)c(O)c1. The largest absolute Gasteiger partial charge is 0.507 e. The molecule has 17 heavy (non-hydrogen) atoms. The van der Waals surface area contributed by atoms with Crippen molar-refractivity contribution in [2.75, 3.05) is 0 Å². The number of phenolic OH excluding ortho intramolecular Hbond substituents is 1. The fourth-order valence-electron chi connectivity index (χ4n) is 1.53. The van der Waals surface area contributed by atoms with Crippen LogP contribution in [0.5, 0.6) is 5.75 Å². The average molecular weight is 302 g/mol. The summed E-state index contributed by atoms with van der Waals surface area (Å²) in [6.07, 6.45) is 0.0393. The van der Waals surface area contributed by atoms with Gasteiger partial charge in [0.2, 0.25) is 0 Å². The van der Waals surface area contributed by atoms with E-state index in [0.29, 0.717) is 16.5 Å². The van der Waals surface area contributed by atoms with Gasteiger partial charge in [-0.3, -0.25) is 4.79 Å². The number of aromatic hydroxyl groups is 1. The lowest BCUT2D eigenvalue weighted by Crippen LogP contribution is -2.34. The van der Waals surface area contributed by atoms with E-state index in [0.717, 1.165) is 0 Å². The molecule has 2 atom stereocenters. The first-order valence-corrected chi connectivity index (χ1v) is 6.17. The number of carbonyl (C=O) groups excluding carboxylic acids is 1. The Balaban J connectivity index is 2.66. The van der Waals surface area contributed by atoms with Gasteiger partial charge in [0.25, 0.3) is 5.91 Å². The van der Waals surface area contributed by atoms with Crippen LogP contribution in [0.1, 0.15) is 30.6 Å². The number of amides is 1. The Kier molecular flexibility index (Phi) is 4.96. The molecular formula is C12H16BrNO3. The Morgan fingerprint density at radius 2 is 2.12 bits per heavy atom. The summed E-state index contributed by atoms with van der Waals surface area (Å²) in [4.78, 5) is 11.8. The van der Waals surface area contributed by atoms with Crippen LogP contribution in [-0.4, -0.2) is 28.3 Å². The van der Waals surface area contributed by atoms with Crippen molar-refractivity contribution in [1.82, 2.24) is 5.32 Å². The van der Waals surface area contributed by atoms with Crippen LogP contribution in [-0.2, 0) is 0 Å². The van der Waals surface area contributed by atoms with E-state index in [1.165, 1.54) is 6.07 Å². The quantitative estimate of drug-likeness (QED) is 0.797. The van der Waals surface area contributed by atoms with E-state index < -0.39 is 6.10 Å². The summed E-state index contributed by atoms with van der Waals surface area (Å²) < 4.78 is 0.547. The van der Waals surface area contributed by atoms with Crippen LogP contribution in [0, 0.1) is 0 Å². The Hall–Kier alpha value is -1.07. The van der Waals surface area contributed by atoms with E-state index in [1.807, 2.05) is 6.92 Å². The van der Waals surface area contributed by atoms with Crippen molar-refractivity contribution < 1.29 is 15.0 Å². The summed E-state index contributed by atoms with van der Waals surface area (Å²) in [6.45, 7) is 3.50. The number of halogens is 1. The van der Waals surface area contributed by atoms with Gasteiger partial charge in [0.05, 0.1) is 10.6 Å². The number of phenols is 1. The Labute approximate surface area is 109 Å². The van der Waals surface area contributed by atoms with E-state index in [9.17, 15) is 15.0 Å². The zero-order valence-electron chi connectivity index (χ0n) is 9.77. The highest BCUT2D eigenvalue weighted by Gasteiger charge is 2.12. The fourth-order valence-corrected chi connectivity index (χ4v) is 1.78. The molecule has 0 aliphatic rings. The predicted molar refractivity (Wildman–Crippen MR) is 69.0 cm³/mol. The van der Waals surface area contributed by atoms with Crippen molar-refractivity contribution in [3.63, 3.8) is 0 Å². The van der Waals surface area contributed by atoms with Crippen LogP contribution in [0.15, 0.2) is 22.7 Å². The fraction of sp³-hybridized carbons (Fsp3) is 0.417. The van der Waals surface area contributed by atoms with Gasteiger partial charge in [0.15, 0.2) is 0 Å². The van der Waals surface area contributed by atoms with Crippen molar-refractivity contribution >= 4 is 21.8 Å². The first kappa shape index (κ1) is 14.0. The number of rotatable bonds is 4. The highest BCUT2D eigenvalue weighted by Crippen LogP contribution is 2.24. The molecule has 0 bridgehead atoms. The van der Waals surface area contributed by atoms with Crippen LogP contribution in [0.2, 0.25) is 0 Å². The van der Waals surface area contributed by atoms with Crippen LogP contribution in [0.25, 0.3) is 0 Å². The van der Waals surface area contributed by atoms with Crippen molar-refractivity contribution in [2.24, 2.45) is 0 Å². The van der Waals surface area contributed by atoms with Gasteiger partial charge in [-0.15, -0.1) is 0 Å². The van der Waals surface area contributed by atoms with Crippen molar-refractivity contribution in [1.29, 1.82) is 0 Å². The molecule has 1 aromatic rings. The maximum atomic E-state index is 11.8. The van der Waals surface area contributed by atoms with Crippen molar-refractivity contribution in [3.05, 3.63) is 28.2 Å². The molecule has 1 aromatic carbocycles. The molecule has 0 aliphatic carbocycles. The second-order valence-electron chi connectivity index (χ2n) is 4.13. The maximum absolute atomic E-state index is 11.8. The highest BCUT2D eigenvalue weighted by atomic mass is 79.9. The lowest BCUT2D eigenvalue weighted by atomic mass is 10.1. The average Bonchev–Trinajstić information content (AvgIpc) is 2.20. The van der Waals surface area contributed by atoms with Gasteiger partial charge in [-0.1, -0.05) is 0 Å². The van der Waals surface area contributed by atoms with Gasteiger partial charge in [-0.2, -0.15) is 0 Å². The maximum Gasteiger partial charge on any atom is 0.251 e. The molecule has 5 heteroatoms. The van der Waals surface area contributed by atoms with Gasteiger partial charge in [0, 0.05) is 11.6 Å². The summed E-state index contributed by atoms with van der Waals surface area (Å²) in [5, 5.41) is 21.4. The van der Waals surface area contributed by atoms with Gasteiger partial charge in [-0.25, -0.2) is 0 Å². The minimum atomic E-state index is -0.455. The Bertz CT molecular complexity index is 407. The molecule has 0 aliphatic heterocycles. The third-order valence-electron chi connectivity index (χ3n) is 2.28. The second kappa shape index (κ2) is 6.02. The molecule has 0 heterocycles. The first-order valence-electron chi connectivity index (χ1n) is 5.37. The molecule has 0 radical (unpaired) electrons. The van der Waals surface area contributed by atoms with E-state index in [-0.39, 0.29) is 17.7 Å². The van der Waals surface area contributed by atoms with Crippen molar-refractivity contribution in [2.45, 2.75) is 32.4 Å². The lowest BCUT2D eigenvalue weighted by molar-refractivity contribution is 0.0922. The van der Waals surface area contributed by atoms with Gasteiger partial charge in [0.1, 0.15) is 5.75 Å². The summed E-state index contributed by atoms with van der Waals surface area (Å²) in [5.74, 6) is -0.234. The first-order chi connectivity index (χ1) is 7.90. The molecule has 1 amide bonds. The molecule has 0 saturated carbocycles. The number of aliphatic hydroxyl groups is 1. The van der Waals surface area contributed by atoms with E-state index in [1.54, 1.807) is 19.1 Å². The standard InChI is InChI=1S/C12H16BrNO3/c1-7(5-8(2)15)14-12(17)9-3-4-10(13)11(16)6-9/h3-4,6-8,15-16H,5H2,1-2H3,(H,14,17). The minimum absolute atomic E-state index is 0.0285. The van der Waals surface area contributed by atoms with Crippen molar-refractivity contribution in [3.8, 4) is 5.75 Å². The monoisotopic (exact) mass is 301 g/mol. The summed E-state index contributed by atoms with van der Waals surface area (Å²) in [6, 6.07) is 4.51. The third-order valence-corrected chi connectivity index (χ3v) is 2.95. The number of hydrogen-bond acceptors (Lipinski definition) is 3. The Morgan fingerprint density at radius 1 is 1.47 bits per heavy atom. The lowest BCUT2D eigenvalue weighted by Gasteiger charge is -2.15. The zero-order valence-corrected chi connectivity index (χ0v) is 11.4. The predicted octanol–water partition coefficient (Wildman–Crippen LogP) is 2.04. The molecule has 94 valence electrons. The molecule has 0 aromatic heterocycles. The smallest absolute Gasteiger partial charge is 0.251 e. The van der Waals surface area contributed by atoms with Gasteiger partial charge in [-0.05, 0) is 54.4 Å². The van der Waals surface area contributed by atoms with E-state index in [2.05, 4.69) is 21.2 Å². The Morgan fingerprint density at radius 3 is 2.65 bits per heavy atom. The van der Waals surface area contributed by atoms with Crippen LogP contribution in [0.4, 0.5) is 0 Å². The molecule has 4 nitrogen and oxygen atoms in total. The van der Waals surface area contributed by atoms with Crippen LogP contribution >= 0.6 is 15.9 Å². The number of hydrogen-bond donors (Lipinski definition) is 3. The summed E-state index contributed by atoms with van der Waals surface area (Å²) >= 11 is 3.15. The summed E-state index contributed by atoms with van der Waals surface area (Å²) in [5.41, 5.74) is 0.392. The van der Waals surface area contributed by atoms with E-state index >= 15 is 0 Å². The number of benzene rings is 1. The molecule has 0 fully saturated rings. The topological polar surface area (TPSA) is 69.6 Å². The number of carbonyl (C=O) groups is 1. The minimum Gasteiger partial charge on any atom is -0.507 e. The molecular weight excluding hydrogens is 286 g/mol.